The van der Waals surface area contributed by atoms with Crippen LogP contribution in [0.3, 0.4) is 0 Å². The fourth-order valence-corrected chi connectivity index (χ4v) is 2.28. The van der Waals surface area contributed by atoms with Gasteiger partial charge in [-0.2, -0.15) is 0 Å². The van der Waals surface area contributed by atoms with Crippen LogP contribution in [-0.2, 0) is 0 Å². The number of urea groups is 1. The molecule has 2 amide bonds. The molecule has 1 aliphatic rings. The molecule has 0 radical (unpaired) electrons. The molecule has 0 aromatic heterocycles. The zero-order chi connectivity index (χ0) is 13.7. The van der Waals surface area contributed by atoms with E-state index in [1.165, 1.54) is 0 Å². The number of amides is 2. The van der Waals surface area contributed by atoms with Gasteiger partial charge in [-0.1, -0.05) is 6.07 Å². The highest BCUT2D eigenvalue weighted by atomic mass is 16.5. The number of nitrogens with one attached hydrogen (secondary N) is 1. The van der Waals surface area contributed by atoms with Gasteiger partial charge in [0.25, 0.3) is 0 Å². The quantitative estimate of drug-likeness (QED) is 0.875. The number of nitrogens with two attached hydrogens (primary N) is 1. The fraction of sp³-hybridized carbons (Fsp3) is 0.500. The van der Waals surface area contributed by atoms with Crippen molar-refractivity contribution in [3.63, 3.8) is 0 Å². The van der Waals surface area contributed by atoms with E-state index in [4.69, 9.17) is 10.5 Å². The minimum Gasteiger partial charge on any atom is -0.497 e. The summed E-state index contributed by atoms with van der Waals surface area (Å²) in [6.45, 7) is 2.26. The lowest BCUT2D eigenvalue weighted by Gasteiger charge is -2.31. The summed E-state index contributed by atoms with van der Waals surface area (Å²) in [4.78, 5) is 13.9. The summed E-state index contributed by atoms with van der Waals surface area (Å²) in [5.41, 5.74) is 6.40. The molecule has 0 saturated carbocycles. The third-order valence-corrected chi connectivity index (χ3v) is 3.56. The van der Waals surface area contributed by atoms with E-state index in [2.05, 4.69) is 5.32 Å². The smallest absolute Gasteiger partial charge is 0.321 e. The third-order valence-electron chi connectivity index (χ3n) is 3.56. The van der Waals surface area contributed by atoms with Crippen LogP contribution in [-0.4, -0.2) is 37.7 Å². The number of likely N-dealkylation sites (tertiary alicyclic amines) is 1. The van der Waals surface area contributed by atoms with Gasteiger partial charge in [0.15, 0.2) is 0 Å². The number of hydrogen-bond donors (Lipinski definition) is 2. The van der Waals surface area contributed by atoms with Crippen molar-refractivity contribution in [2.24, 2.45) is 11.7 Å². The molecule has 19 heavy (non-hydrogen) atoms. The first kappa shape index (κ1) is 13.7. The molecule has 0 aliphatic carbocycles. The molecule has 1 aliphatic heterocycles. The van der Waals surface area contributed by atoms with Crippen LogP contribution in [0.4, 0.5) is 10.5 Å². The van der Waals surface area contributed by atoms with Crippen LogP contribution in [0.25, 0.3) is 0 Å². The maximum Gasteiger partial charge on any atom is 0.321 e. The summed E-state index contributed by atoms with van der Waals surface area (Å²) in [5.74, 6) is 1.29. The zero-order valence-electron chi connectivity index (χ0n) is 11.3. The van der Waals surface area contributed by atoms with Gasteiger partial charge in [-0.25, -0.2) is 4.79 Å². The summed E-state index contributed by atoms with van der Waals surface area (Å²) in [7, 11) is 1.61. The number of carbonyl (C=O) groups excluding carboxylic acids is 1. The Labute approximate surface area is 113 Å². The molecule has 1 aromatic carbocycles. The molecule has 1 saturated heterocycles. The van der Waals surface area contributed by atoms with Gasteiger partial charge in [0.2, 0.25) is 0 Å². The molecule has 1 fully saturated rings. The molecular formula is C14H21N3O2. The van der Waals surface area contributed by atoms with E-state index >= 15 is 0 Å². The molecule has 0 atom stereocenters. The first-order chi connectivity index (χ1) is 9.22. The lowest BCUT2D eigenvalue weighted by atomic mass is 9.97. The zero-order valence-corrected chi connectivity index (χ0v) is 11.3. The Morgan fingerprint density at radius 1 is 1.47 bits per heavy atom. The molecule has 3 N–H and O–H groups in total. The SMILES string of the molecule is COc1cccc(NC(=O)N2CCC(CN)CC2)c1. The van der Waals surface area contributed by atoms with Crippen molar-refractivity contribution >= 4 is 11.7 Å². The number of nitrogens with zero attached hydrogens (tertiary/aromatic N) is 1. The fourth-order valence-electron chi connectivity index (χ4n) is 2.28. The summed E-state index contributed by atoms with van der Waals surface area (Å²) in [5, 5.41) is 2.89. The summed E-state index contributed by atoms with van der Waals surface area (Å²) < 4.78 is 5.13. The maximum absolute atomic E-state index is 12.1. The van der Waals surface area contributed by atoms with Crippen LogP contribution in [0.15, 0.2) is 24.3 Å². The number of carbonyl (C=O) groups is 1. The van der Waals surface area contributed by atoms with Crippen molar-refractivity contribution in [1.82, 2.24) is 4.90 Å². The number of benzene rings is 1. The predicted molar refractivity (Wildman–Crippen MR) is 75.4 cm³/mol. The monoisotopic (exact) mass is 263 g/mol. The molecule has 5 heteroatoms. The highest BCUT2D eigenvalue weighted by molar-refractivity contribution is 5.89. The first-order valence-electron chi connectivity index (χ1n) is 6.63. The van der Waals surface area contributed by atoms with Crippen LogP contribution in [0.1, 0.15) is 12.8 Å². The molecule has 0 spiro atoms. The van der Waals surface area contributed by atoms with Crippen LogP contribution in [0.5, 0.6) is 5.75 Å². The number of hydrogen-bond acceptors (Lipinski definition) is 3. The van der Waals surface area contributed by atoms with Gasteiger partial charge in [-0.05, 0) is 37.4 Å². The van der Waals surface area contributed by atoms with Crippen LogP contribution >= 0.6 is 0 Å². The lowest BCUT2D eigenvalue weighted by molar-refractivity contribution is 0.184. The Hall–Kier alpha value is -1.75. The van der Waals surface area contributed by atoms with Crippen molar-refractivity contribution in [2.75, 3.05) is 32.1 Å². The minimum absolute atomic E-state index is 0.0521. The van der Waals surface area contributed by atoms with Crippen LogP contribution < -0.4 is 15.8 Å². The summed E-state index contributed by atoms with van der Waals surface area (Å²) in [6.07, 6.45) is 1.98. The molecule has 1 aromatic rings. The standard InChI is InChI=1S/C14H21N3O2/c1-19-13-4-2-3-12(9-13)16-14(18)17-7-5-11(10-15)6-8-17/h2-4,9,11H,5-8,10,15H2,1H3,(H,16,18). The van der Waals surface area contributed by atoms with Gasteiger partial charge in [-0.3, -0.25) is 0 Å². The first-order valence-corrected chi connectivity index (χ1v) is 6.63. The second kappa shape index (κ2) is 6.43. The van der Waals surface area contributed by atoms with E-state index in [1.54, 1.807) is 7.11 Å². The van der Waals surface area contributed by atoms with E-state index in [9.17, 15) is 4.79 Å². The second-order valence-corrected chi connectivity index (χ2v) is 4.83. The Morgan fingerprint density at radius 2 is 2.21 bits per heavy atom. The molecule has 5 nitrogen and oxygen atoms in total. The van der Waals surface area contributed by atoms with E-state index in [0.29, 0.717) is 12.5 Å². The number of ether oxygens (including phenoxy) is 1. The van der Waals surface area contributed by atoms with Crippen LogP contribution in [0.2, 0.25) is 0 Å². The van der Waals surface area contributed by atoms with Crippen molar-refractivity contribution in [3.8, 4) is 5.75 Å². The molecular weight excluding hydrogens is 242 g/mol. The van der Waals surface area contributed by atoms with E-state index in [0.717, 1.165) is 37.4 Å². The minimum atomic E-state index is -0.0521. The van der Waals surface area contributed by atoms with Gasteiger partial charge >= 0.3 is 6.03 Å². The summed E-state index contributed by atoms with van der Waals surface area (Å²) >= 11 is 0. The second-order valence-electron chi connectivity index (χ2n) is 4.83. The Morgan fingerprint density at radius 3 is 2.84 bits per heavy atom. The summed E-state index contributed by atoms with van der Waals surface area (Å²) in [6, 6.07) is 7.32. The predicted octanol–water partition coefficient (Wildman–Crippen LogP) is 1.90. The number of rotatable bonds is 3. The Kier molecular flexibility index (Phi) is 4.63. The largest absolute Gasteiger partial charge is 0.497 e. The van der Waals surface area contributed by atoms with E-state index in [-0.39, 0.29) is 6.03 Å². The van der Waals surface area contributed by atoms with Crippen LogP contribution in [0, 0.1) is 5.92 Å². The highest BCUT2D eigenvalue weighted by Crippen LogP contribution is 2.19. The number of piperidine rings is 1. The number of methoxy groups -OCH3 is 1. The molecule has 104 valence electrons. The Bertz CT molecular complexity index is 428. The van der Waals surface area contributed by atoms with Gasteiger partial charge < -0.3 is 20.7 Å². The van der Waals surface area contributed by atoms with Gasteiger partial charge in [-0.15, -0.1) is 0 Å². The maximum atomic E-state index is 12.1. The number of anilines is 1. The molecule has 0 bridgehead atoms. The van der Waals surface area contributed by atoms with Gasteiger partial charge in [0.05, 0.1) is 7.11 Å². The van der Waals surface area contributed by atoms with E-state index in [1.807, 2.05) is 29.2 Å². The van der Waals surface area contributed by atoms with Crippen molar-refractivity contribution in [2.45, 2.75) is 12.8 Å². The van der Waals surface area contributed by atoms with E-state index < -0.39 is 0 Å². The normalized spacial score (nSPS) is 16.2. The van der Waals surface area contributed by atoms with Gasteiger partial charge in [0.1, 0.15) is 5.75 Å². The third kappa shape index (κ3) is 3.61. The van der Waals surface area contributed by atoms with Crippen molar-refractivity contribution in [3.05, 3.63) is 24.3 Å². The highest BCUT2D eigenvalue weighted by Gasteiger charge is 2.21. The Balaban J connectivity index is 1.90. The molecule has 1 heterocycles. The average molecular weight is 263 g/mol. The average Bonchev–Trinajstić information content (AvgIpc) is 2.47. The topological polar surface area (TPSA) is 67.6 Å². The van der Waals surface area contributed by atoms with Crippen molar-refractivity contribution in [1.29, 1.82) is 0 Å². The van der Waals surface area contributed by atoms with Crippen molar-refractivity contribution < 1.29 is 9.53 Å². The molecule has 2 rings (SSSR count). The van der Waals surface area contributed by atoms with Gasteiger partial charge in [0, 0.05) is 24.8 Å². The molecule has 0 unspecified atom stereocenters. The lowest BCUT2D eigenvalue weighted by Crippen LogP contribution is -2.42.